The van der Waals surface area contributed by atoms with Crippen LogP contribution in [0.4, 0.5) is 13.2 Å². The number of halogens is 4. The number of ether oxygens (including phenoxy) is 1. The van der Waals surface area contributed by atoms with Crippen LogP contribution < -0.4 is 4.74 Å². The molecule has 0 aliphatic rings. The topological polar surface area (TPSA) is 26.3 Å². The first-order valence-corrected chi connectivity index (χ1v) is 6.72. The van der Waals surface area contributed by atoms with Crippen LogP contribution in [0.3, 0.4) is 0 Å². The highest BCUT2D eigenvalue weighted by Gasteiger charge is 2.18. The zero-order valence-corrected chi connectivity index (χ0v) is 12.5. The molecule has 2 rings (SSSR count). The van der Waals surface area contributed by atoms with Gasteiger partial charge < -0.3 is 4.74 Å². The van der Waals surface area contributed by atoms with E-state index in [0.29, 0.717) is 0 Å². The van der Waals surface area contributed by atoms with Crippen LogP contribution in [-0.4, -0.2) is 12.9 Å². The van der Waals surface area contributed by atoms with Crippen molar-refractivity contribution in [3.63, 3.8) is 0 Å². The van der Waals surface area contributed by atoms with Crippen molar-refractivity contribution in [1.29, 1.82) is 0 Å². The minimum Gasteiger partial charge on any atom is -0.494 e. The van der Waals surface area contributed by atoms with E-state index >= 15 is 0 Å². The van der Waals surface area contributed by atoms with Gasteiger partial charge in [-0.05, 0) is 46.3 Å². The maximum atomic E-state index is 13.8. The standard InChI is InChI=1S/C15H10BrF3O2/c1-21-14-6-8(2-4-12(14)18)13(20)7-9-11(17)5-3-10(16)15(9)19/h2-6H,7H2,1H3. The van der Waals surface area contributed by atoms with Gasteiger partial charge in [0, 0.05) is 17.5 Å². The number of hydrogen-bond acceptors (Lipinski definition) is 2. The molecule has 0 saturated carbocycles. The summed E-state index contributed by atoms with van der Waals surface area (Å²) >= 11 is 2.94. The summed E-state index contributed by atoms with van der Waals surface area (Å²) < 4.78 is 45.6. The van der Waals surface area contributed by atoms with Crippen LogP contribution in [0.2, 0.25) is 0 Å². The van der Waals surface area contributed by atoms with Gasteiger partial charge in [-0.25, -0.2) is 13.2 Å². The Morgan fingerprint density at radius 2 is 1.81 bits per heavy atom. The molecule has 0 aromatic heterocycles. The van der Waals surface area contributed by atoms with E-state index in [9.17, 15) is 18.0 Å². The lowest BCUT2D eigenvalue weighted by molar-refractivity contribution is 0.0990. The molecule has 0 N–H and O–H groups in total. The number of benzene rings is 2. The summed E-state index contributed by atoms with van der Waals surface area (Å²) in [4.78, 5) is 12.1. The quantitative estimate of drug-likeness (QED) is 0.601. The molecule has 0 aliphatic heterocycles. The Balaban J connectivity index is 2.33. The zero-order chi connectivity index (χ0) is 15.6. The molecule has 0 radical (unpaired) electrons. The predicted molar refractivity (Wildman–Crippen MR) is 75.0 cm³/mol. The fourth-order valence-electron chi connectivity index (χ4n) is 1.83. The third-order valence-electron chi connectivity index (χ3n) is 2.95. The molecule has 0 aliphatic carbocycles. The Morgan fingerprint density at radius 3 is 2.48 bits per heavy atom. The van der Waals surface area contributed by atoms with E-state index in [0.717, 1.165) is 12.1 Å². The van der Waals surface area contributed by atoms with Gasteiger partial charge in [-0.15, -0.1) is 0 Å². The fourth-order valence-corrected chi connectivity index (χ4v) is 2.20. The van der Waals surface area contributed by atoms with Crippen LogP contribution in [0, 0.1) is 17.5 Å². The number of carbonyl (C=O) groups is 1. The molecule has 0 amide bonds. The normalized spacial score (nSPS) is 10.5. The first-order valence-electron chi connectivity index (χ1n) is 5.93. The van der Waals surface area contributed by atoms with Crippen molar-refractivity contribution in [3.05, 3.63) is 63.4 Å². The molecule has 0 unspecified atom stereocenters. The third-order valence-corrected chi connectivity index (χ3v) is 3.56. The molecule has 0 atom stereocenters. The summed E-state index contributed by atoms with van der Waals surface area (Å²) in [5, 5.41) is 0. The second kappa shape index (κ2) is 6.30. The number of hydrogen-bond donors (Lipinski definition) is 0. The summed E-state index contributed by atoms with van der Waals surface area (Å²) in [5.74, 6) is -2.88. The average Bonchev–Trinajstić information content (AvgIpc) is 2.48. The molecule has 21 heavy (non-hydrogen) atoms. The minimum atomic E-state index is -0.822. The second-order valence-corrected chi connectivity index (χ2v) is 5.13. The number of ketones is 1. The Morgan fingerprint density at radius 1 is 1.14 bits per heavy atom. The largest absolute Gasteiger partial charge is 0.494 e. The summed E-state index contributed by atoms with van der Waals surface area (Å²) in [6.45, 7) is 0. The molecule has 0 spiro atoms. The Labute approximate surface area is 127 Å². The van der Waals surface area contributed by atoms with Crippen molar-refractivity contribution in [2.75, 3.05) is 7.11 Å². The second-order valence-electron chi connectivity index (χ2n) is 4.27. The SMILES string of the molecule is COc1cc(C(=O)Cc2c(F)ccc(Br)c2F)ccc1F. The van der Waals surface area contributed by atoms with Crippen LogP contribution in [0.25, 0.3) is 0 Å². The van der Waals surface area contributed by atoms with Crippen molar-refractivity contribution < 1.29 is 22.7 Å². The maximum Gasteiger partial charge on any atom is 0.167 e. The van der Waals surface area contributed by atoms with Gasteiger partial charge in [0.1, 0.15) is 11.6 Å². The monoisotopic (exact) mass is 358 g/mol. The highest BCUT2D eigenvalue weighted by atomic mass is 79.9. The van der Waals surface area contributed by atoms with Gasteiger partial charge in [0.25, 0.3) is 0 Å². The van der Waals surface area contributed by atoms with Crippen molar-refractivity contribution in [3.8, 4) is 5.75 Å². The van der Waals surface area contributed by atoms with Crippen LogP contribution >= 0.6 is 15.9 Å². The first-order chi connectivity index (χ1) is 9.93. The Hall–Kier alpha value is -1.82. The molecule has 0 bridgehead atoms. The molecular weight excluding hydrogens is 349 g/mol. The van der Waals surface area contributed by atoms with Gasteiger partial charge in [-0.1, -0.05) is 0 Å². The van der Waals surface area contributed by atoms with E-state index < -0.39 is 29.7 Å². The van der Waals surface area contributed by atoms with Gasteiger partial charge in [0.15, 0.2) is 17.3 Å². The highest BCUT2D eigenvalue weighted by Crippen LogP contribution is 2.24. The molecular formula is C15H10BrF3O2. The third kappa shape index (κ3) is 3.26. The van der Waals surface area contributed by atoms with Crippen LogP contribution in [-0.2, 0) is 6.42 Å². The van der Waals surface area contributed by atoms with Gasteiger partial charge in [0.05, 0.1) is 11.6 Å². The van der Waals surface area contributed by atoms with E-state index in [1.807, 2.05) is 0 Å². The van der Waals surface area contributed by atoms with Crippen LogP contribution in [0.15, 0.2) is 34.8 Å². The Kier molecular flexibility index (Phi) is 4.67. The number of Topliss-reactive ketones (excluding diaryl/α,β-unsaturated/α-hetero) is 1. The van der Waals surface area contributed by atoms with Crippen molar-refractivity contribution in [1.82, 2.24) is 0 Å². The van der Waals surface area contributed by atoms with Crippen molar-refractivity contribution >= 4 is 21.7 Å². The van der Waals surface area contributed by atoms with Crippen molar-refractivity contribution in [2.24, 2.45) is 0 Å². The highest BCUT2D eigenvalue weighted by molar-refractivity contribution is 9.10. The summed E-state index contributed by atoms with van der Waals surface area (Å²) in [6.07, 6.45) is -0.466. The lowest BCUT2D eigenvalue weighted by atomic mass is 10.0. The number of carbonyl (C=O) groups excluding carboxylic acids is 1. The molecule has 0 saturated heterocycles. The van der Waals surface area contributed by atoms with E-state index in [1.165, 1.54) is 25.3 Å². The fraction of sp³-hybridized carbons (Fsp3) is 0.133. The van der Waals surface area contributed by atoms with E-state index in [4.69, 9.17) is 4.74 Å². The van der Waals surface area contributed by atoms with Gasteiger partial charge in [-0.3, -0.25) is 4.79 Å². The minimum absolute atomic E-state index is 0.0726. The van der Waals surface area contributed by atoms with E-state index in [-0.39, 0.29) is 21.3 Å². The lowest BCUT2D eigenvalue weighted by Gasteiger charge is -2.08. The molecule has 0 fully saturated rings. The van der Waals surface area contributed by atoms with Gasteiger partial charge in [0.2, 0.25) is 0 Å². The maximum absolute atomic E-state index is 13.8. The zero-order valence-electron chi connectivity index (χ0n) is 10.9. The number of rotatable bonds is 4. The first kappa shape index (κ1) is 15.6. The van der Waals surface area contributed by atoms with Gasteiger partial charge in [-0.2, -0.15) is 0 Å². The van der Waals surface area contributed by atoms with Crippen LogP contribution in [0.5, 0.6) is 5.75 Å². The average molecular weight is 359 g/mol. The molecule has 6 heteroatoms. The van der Waals surface area contributed by atoms with Gasteiger partial charge >= 0.3 is 0 Å². The smallest absolute Gasteiger partial charge is 0.167 e. The molecule has 2 nitrogen and oxygen atoms in total. The predicted octanol–water partition coefficient (Wildman–Crippen LogP) is 4.30. The summed E-state index contributed by atoms with van der Waals surface area (Å²) in [7, 11) is 1.26. The molecule has 110 valence electrons. The van der Waals surface area contributed by atoms with E-state index in [1.54, 1.807) is 0 Å². The molecule has 0 heterocycles. The summed E-state index contributed by atoms with van der Waals surface area (Å²) in [5.41, 5.74) is -0.218. The van der Waals surface area contributed by atoms with Crippen LogP contribution in [0.1, 0.15) is 15.9 Å². The van der Waals surface area contributed by atoms with E-state index in [2.05, 4.69) is 15.9 Å². The van der Waals surface area contributed by atoms with Crippen molar-refractivity contribution in [2.45, 2.75) is 6.42 Å². The number of methoxy groups -OCH3 is 1. The summed E-state index contributed by atoms with van der Waals surface area (Å²) in [6, 6.07) is 5.81. The molecule has 2 aromatic rings. The molecule has 2 aromatic carbocycles. The Bertz CT molecular complexity index is 702. The lowest BCUT2D eigenvalue weighted by Crippen LogP contribution is -2.08.